The number of para-hydroxylation sites is 1. The predicted molar refractivity (Wildman–Crippen MR) is 83.1 cm³/mol. The number of hydrogen-bond acceptors (Lipinski definition) is 2. The second-order valence-corrected chi connectivity index (χ2v) is 5.40. The minimum Gasteiger partial charge on any atom is -0.398 e. The van der Waals surface area contributed by atoms with Crippen molar-refractivity contribution in [3.05, 3.63) is 63.6 Å². The highest BCUT2D eigenvalue weighted by Gasteiger charge is 2.14. The molecule has 0 atom stereocenters. The van der Waals surface area contributed by atoms with Crippen molar-refractivity contribution < 1.29 is 4.79 Å². The van der Waals surface area contributed by atoms with Crippen LogP contribution in [0.3, 0.4) is 0 Å². The van der Waals surface area contributed by atoms with E-state index < -0.39 is 0 Å². The van der Waals surface area contributed by atoms with E-state index in [1.165, 1.54) is 0 Å². The Morgan fingerprint density at radius 2 is 1.75 bits per heavy atom. The van der Waals surface area contributed by atoms with E-state index in [2.05, 4.69) is 0 Å². The van der Waals surface area contributed by atoms with Gasteiger partial charge >= 0.3 is 0 Å². The third-order valence-electron chi connectivity index (χ3n) is 2.88. The second-order valence-electron chi connectivity index (χ2n) is 4.53. The summed E-state index contributed by atoms with van der Waals surface area (Å²) in [6.07, 6.45) is 0. The van der Waals surface area contributed by atoms with E-state index >= 15 is 0 Å². The molecule has 0 heterocycles. The van der Waals surface area contributed by atoms with Crippen LogP contribution in [0.25, 0.3) is 0 Å². The molecule has 0 saturated heterocycles. The molecule has 0 bridgehead atoms. The maximum absolute atomic E-state index is 12.3. The summed E-state index contributed by atoms with van der Waals surface area (Å²) in [6, 6.07) is 12.2. The Hall–Kier alpha value is -1.71. The van der Waals surface area contributed by atoms with Gasteiger partial charge in [-0.05, 0) is 35.9 Å². The fourth-order valence-electron chi connectivity index (χ4n) is 1.95. The van der Waals surface area contributed by atoms with E-state index in [9.17, 15) is 4.79 Å². The van der Waals surface area contributed by atoms with E-state index in [0.717, 1.165) is 5.56 Å². The third-order valence-corrected chi connectivity index (χ3v) is 3.32. The Bertz CT molecular complexity index is 623. The van der Waals surface area contributed by atoms with Gasteiger partial charge in [-0.1, -0.05) is 35.3 Å². The molecule has 0 aliphatic rings. The van der Waals surface area contributed by atoms with Crippen LogP contribution in [-0.4, -0.2) is 17.9 Å². The van der Waals surface area contributed by atoms with Gasteiger partial charge in [-0.15, -0.1) is 0 Å². The molecule has 1 amide bonds. The number of benzene rings is 2. The molecule has 20 heavy (non-hydrogen) atoms. The number of nitrogens with two attached hydrogens (primary N) is 1. The molecule has 104 valence electrons. The first-order valence-corrected chi connectivity index (χ1v) is 6.78. The fourth-order valence-corrected chi connectivity index (χ4v) is 2.52. The van der Waals surface area contributed by atoms with Gasteiger partial charge in [0.2, 0.25) is 0 Å². The number of rotatable bonds is 3. The normalized spacial score (nSPS) is 10.3. The highest BCUT2D eigenvalue weighted by molar-refractivity contribution is 6.34. The van der Waals surface area contributed by atoms with Crippen molar-refractivity contribution in [1.29, 1.82) is 0 Å². The van der Waals surface area contributed by atoms with Crippen molar-refractivity contribution in [3.63, 3.8) is 0 Å². The molecule has 2 aromatic rings. The standard InChI is InChI=1S/C15H14Cl2N2O/c1-19(9-10-6-11(16)8-12(17)7-10)15(20)13-4-2-3-5-14(13)18/h2-8H,9,18H2,1H3. The van der Waals surface area contributed by atoms with E-state index in [1.807, 2.05) is 0 Å². The average Bonchev–Trinajstić information content (AvgIpc) is 2.37. The number of carbonyl (C=O) groups excluding carboxylic acids is 1. The largest absolute Gasteiger partial charge is 0.398 e. The first-order valence-electron chi connectivity index (χ1n) is 6.02. The SMILES string of the molecule is CN(Cc1cc(Cl)cc(Cl)c1)C(=O)c1ccccc1N. The van der Waals surface area contributed by atoms with E-state index in [-0.39, 0.29) is 5.91 Å². The predicted octanol–water partition coefficient (Wildman–Crippen LogP) is 3.85. The zero-order chi connectivity index (χ0) is 14.7. The molecule has 0 saturated carbocycles. The Morgan fingerprint density at radius 3 is 2.35 bits per heavy atom. The molecule has 0 aromatic heterocycles. The molecule has 2 N–H and O–H groups in total. The second kappa shape index (κ2) is 6.16. The Morgan fingerprint density at radius 1 is 1.15 bits per heavy atom. The number of hydrogen-bond donors (Lipinski definition) is 1. The molecule has 2 rings (SSSR count). The number of anilines is 1. The molecule has 0 spiro atoms. The third kappa shape index (κ3) is 3.44. The van der Waals surface area contributed by atoms with Crippen molar-refractivity contribution in [2.24, 2.45) is 0 Å². The molecule has 2 aromatic carbocycles. The van der Waals surface area contributed by atoms with Crippen molar-refractivity contribution in [3.8, 4) is 0 Å². The van der Waals surface area contributed by atoms with E-state index in [1.54, 1.807) is 54.4 Å². The number of carbonyl (C=O) groups is 1. The topological polar surface area (TPSA) is 46.3 Å². The quantitative estimate of drug-likeness (QED) is 0.875. The molecule has 3 nitrogen and oxygen atoms in total. The van der Waals surface area contributed by atoms with Crippen LogP contribution in [0, 0.1) is 0 Å². The zero-order valence-corrected chi connectivity index (χ0v) is 12.4. The Kier molecular flexibility index (Phi) is 4.53. The van der Waals surface area contributed by atoms with Crippen molar-refractivity contribution >= 4 is 34.8 Å². The smallest absolute Gasteiger partial charge is 0.255 e. The van der Waals surface area contributed by atoms with Gasteiger partial charge in [-0.3, -0.25) is 4.79 Å². The molecule has 0 aliphatic heterocycles. The molecular weight excluding hydrogens is 295 g/mol. The first-order chi connectivity index (χ1) is 9.47. The first kappa shape index (κ1) is 14.7. The summed E-state index contributed by atoms with van der Waals surface area (Å²) in [5.41, 5.74) is 7.63. The summed E-state index contributed by atoms with van der Waals surface area (Å²) >= 11 is 11.9. The molecule has 0 radical (unpaired) electrons. The number of halogens is 2. The van der Waals surface area contributed by atoms with Gasteiger partial charge in [-0.25, -0.2) is 0 Å². The van der Waals surface area contributed by atoms with Gasteiger partial charge in [0, 0.05) is 29.3 Å². The van der Waals surface area contributed by atoms with E-state index in [4.69, 9.17) is 28.9 Å². The van der Waals surface area contributed by atoms with Crippen LogP contribution in [0.2, 0.25) is 10.0 Å². The van der Waals surface area contributed by atoms with Crippen LogP contribution in [0.1, 0.15) is 15.9 Å². The van der Waals surface area contributed by atoms with Gasteiger partial charge in [0.05, 0.1) is 5.56 Å². The van der Waals surface area contributed by atoms with Crippen LogP contribution in [0.4, 0.5) is 5.69 Å². The highest BCUT2D eigenvalue weighted by Crippen LogP contribution is 2.21. The lowest BCUT2D eigenvalue weighted by molar-refractivity contribution is 0.0786. The highest BCUT2D eigenvalue weighted by atomic mass is 35.5. The van der Waals surface area contributed by atoms with Gasteiger partial charge < -0.3 is 10.6 Å². The lowest BCUT2D eigenvalue weighted by Crippen LogP contribution is -2.26. The summed E-state index contributed by atoms with van der Waals surface area (Å²) in [5, 5.41) is 1.10. The van der Waals surface area contributed by atoms with Crippen LogP contribution >= 0.6 is 23.2 Å². The number of nitrogen functional groups attached to an aromatic ring is 1. The number of amides is 1. The fraction of sp³-hybridized carbons (Fsp3) is 0.133. The Balaban J connectivity index is 2.18. The summed E-state index contributed by atoms with van der Waals surface area (Å²) in [5.74, 6) is -0.140. The van der Waals surface area contributed by atoms with Gasteiger partial charge in [0.1, 0.15) is 0 Å². The average molecular weight is 309 g/mol. The maximum Gasteiger partial charge on any atom is 0.255 e. The van der Waals surface area contributed by atoms with Gasteiger partial charge in [0.25, 0.3) is 5.91 Å². The van der Waals surface area contributed by atoms with E-state index in [0.29, 0.717) is 27.8 Å². The molecule has 0 fully saturated rings. The van der Waals surface area contributed by atoms with Crippen LogP contribution in [0.15, 0.2) is 42.5 Å². The summed E-state index contributed by atoms with van der Waals surface area (Å²) in [6.45, 7) is 0.410. The molecular formula is C15H14Cl2N2O. The van der Waals surface area contributed by atoms with Crippen molar-refractivity contribution in [2.75, 3.05) is 12.8 Å². The monoisotopic (exact) mass is 308 g/mol. The molecule has 0 aliphatic carbocycles. The van der Waals surface area contributed by atoms with Crippen LogP contribution < -0.4 is 5.73 Å². The van der Waals surface area contributed by atoms with Crippen LogP contribution in [-0.2, 0) is 6.54 Å². The Labute approximate surface area is 127 Å². The summed E-state index contributed by atoms with van der Waals surface area (Å²) in [7, 11) is 1.71. The van der Waals surface area contributed by atoms with Crippen LogP contribution in [0.5, 0.6) is 0 Å². The van der Waals surface area contributed by atoms with Gasteiger partial charge in [0.15, 0.2) is 0 Å². The molecule has 0 unspecified atom stereocenters. The van der Waals surface area contributed by atoms with Crippen molar-refractivity contribution in [2.45, 2.75) is 6.54 Å². The maximum atomic E-state index is 12.3. The van der Waals surface area contributed by atoms with Gasteiger partial charge in [-0.2, -0.15) is 0 Å². The summed E-state index contributed by atoms with van der Waals surface area (Å²) < 4.78 is 0. The lowest BCUT2D eigenvalue weighted by Gasteiger charge is -2.18. The zero-order valence-electron chi connectivity index (χ0n) is 10.9. The number of nitrogens with zero attached hydrogens (tertiary/aromatic N) is 1. The summed E-state index contributed by atoms with van der Waals surface area (Å²) in [4.78, 5) is 13.9. The van der Waals surface area contributed by atoms with Crippen molar-refractivity contribution in [1.82, 2.24) is 4.90 Å². The lowest BCUT2D eigenvalue weighted by atomic mass is 10.1. The molecule has 5 heteroatoms. The minimum atomic E-state index is -0.140. The minimum absolute atomic E-state index is 0.140.